The lowest BCUT2D eigenvalue weighted by Gasteiger charge is -2.15. The van der Waals surface area contributed by atoms with Gasteiger partial charge in [0.25, 0.3) is 0 Å². The highest BCUT2D eigenvalue weighted by Crippen LogP contribution is 2.22. The maximum absolute atomic E-state index is 12.7. The van der Waals surface area contributed by atoms with E-state index in [0.717, 1.165) is 23.9 Å². The van der Waals surface area contributed by atoms with Gasteiger partial charge in [-0.25, -0.2) is 13.2 Å². The van der Waals surface area contributed by atoms with E-state index in [1.165, 1.54) is 16.4 Å². The molecule has 1 saturated heterocycles. The van der Waals surface area contributed by atoms with E-state index in [1.807, 2.05) is 31.2 Å². The second-order valence-electron chi connectivity index (χ2n) is 7.60. The van der Waals surface area contributed by atoms with Crippen LogP contribution in [0.15, 0.2) is 58.2 Å². The maximum atomic E-state index is 12.7. The predicted octanol–water partition coefficient (Wildman–Crippen LogP) is 2.64. The SMILES string of the molecule is CCn1c(=O)n(CCC(=O)Nc2ccc(S(=O)(=O)N3CCCC3)cc2)c2ccccc21. The number of hydrogen-bond acceptors (Lipinski definition) is 4. The number of carbonyl (C=O) groups is 1. The van der Waals surface area contributed by atoms with Crippen molar-refractivity contribution in [1.29, 1.82) is 0 Å². The Bertz CT molecular complexity index is 1250. The summed E-state index contributed by atoms with van der Waals surface area (Å²) < 4.78 is 30.0. The van der Waals surface area contributed by atoms with Gasteiger partial charge in [0.15, 0.2) is 0 Å². The Hall–Kier alpha value is -2.91. The summed E-state index contributed by atoms with van der Waals surface area (Å²) in [5.41, 5.74) is 2.05. The van der Waals surface area contributed by atoms with Crippen LogP contribution in [-0.2, 0) is 27.9 Å². The zero-order valence-electron chi connectivity index (χ0n) is 17.5. The number of hydrogen-bond donors (Lipinski definition) is 1. The maximum Gasteiger partial charge on any atom is 0.329 e. The fraction of sp³-hybridized carbons (Fsp3) is 0.364. The molecule has 2 heterocycles. The first-order chi connectivity index (χ1) is 14.9. The number of anilines is 1. The van der Waals surface area contributed by atoms with E-state index in [4.69, 9.17) is 0 Å². The number of rotatable bonds is 7. The molecule has 164 valence electrons. The topological polar surface area (TPSA) is 93.4 Å². The lowest BCUT2D eigenvalue weighted by Crippen LogP contribution is -2.27. The molecule has 1 aliphatic heterocycles. The minimum absolute atomic E-state index is 0.130. The number of carbonyl (C=O) groups excluding carboxylic acids is 1. The summed E-state index contributed by atoms with van der Waals surface area (Å²) in [7, 11) is -3.48. The molecule has 2 aromatic carbocycles. The monoisotopic (exact) mass is 442 g/mol. The van der Waals surface area contributed by atoms with E-state index in [1.54, 1.807) is 21.3 Å². The zero-order chi connectivity index (χ0) is 22.0. The Morgan fingerprint density at radius 2 is 1.58 bits per heavy atom. The molecule has 0 atom stereocenters. The van der Waals surface area contributed by atoms with Gasteiger partial charge in [0.2, 0.25) is 15.9 Å². The van der Waals surface area contributed by atoms with Crippen molar-refractivity contribution in [2.45, 2.75) is 44.2 Å². The van der Waals surface area contributed by atoms with Crippen molar-refractivity contribution >= 4 is 32.7 Å². The number of amides is 1. The Balaban J connectivity index is 1.43. The molecular formula is C22H26N4O4S. The quantitative estimate of drug-likeness (QED) is 0.609. The van der Waals surface area contributed by atoms with Crippen LogP contribution >= 0.6 is 0 Å². The molecule has 3 aromatic rings. The van der Waals surface area contributed by atoms with Crippen LogP contribution in [-0.4, -0.2) is 40.9 Å². The molecular weight excluding hydrogens is 416 g/mol. The van der Waals surface area contributed by atoms with Gasteiger partial charge in [-0.2, -0.15) is 4.31 Å². The number of para-hydroxylation sites is 2. The second-order valence-corrected chi connectivity index (χ2v) is 9.54. The van der Waals surface area contributed by atoms with Crippen molar-refractivity contribution in [3.63, 3.8) is 0 Å². The summed E-state index contributed by atoms with van der Waals surface area (Å²) in [5.74, 6) is -0.240. The highest BCUT2D eigenvalue weighted by Gasteiger charge is 2.26. The molecule has 1 N–H and O–H groups in total. The molecule has 1 aliphatic rings. The molecule has 0 saturated carbocycles. The summed E-state index contributed by atoms with van der Waals surface area (Å²) >= 11 is 0. The fourth-order valence-electron chi connectivity index (χ4n) is 4.02. The summed E-state index contributed by atoms with van der Waals surface area (Å²) in [6.07, 6.45) is 1.90. The smallest absolute Gasteiger partial charge is 0.326 e. The van der Waals surface area contributed by atoms with Crippen molar-refractivity contribution in [3.05, 3.63) is 59.0 Å². The van der Waals surface area contributed by atoms with Crippen molar-refractivity contribution in [1.82, 2.24) is 13.4 Å². The zero-order valence-corrected chi connectivity index (χ0v) is 18.3. The van der Waals surface area contributed by atoms with Crippen LogP contribution in [0.4, 0.5) is 5.69 Å². The molecule has 0 bridgehead atoms. The first kappa shape index (κ1) is 21.3. The number of nitrogens with one attached hydrogen (secondary N) is 1. The first-order valence-electron chi connectivity index (χ1n) is 10.5. The standard InChI is InChI=1S/C22H26N4O4S/c1-2-25-19-7-3-4-8-20(19)26(22(25)28)16-13-21(27)23-17-9-11-18(12-10-17)31(29,30)24-14-5-6-15-24/h3-4,7-12H,2,5-6,13-16H2,1H3,(H,23,27). The molecule has 4 rings (SSSR count). The molecule has 0 radical (unpaired) electrons. The molecule has 9 heteroatoms. The van der Waals surface area contributed by atoms with Crippen LogP contribution < -0.4 is 11.0 Å². The third kappa shape index (κ3) is 4.15. The van der Waals surface area contributed by atoms with Gasteiger partial charge in [-0.3, -0.25) is 13.9 Å². The molecule has 1 amide bonds. The number of imidazole rings is 1. The normalized spacial score (nSPS) is 14.9. The largest absolute Gasteiger partial charge is 0.329 e. The third-order valence-electron chi connectivity index (χ3n) is 5.64. The third-order valence-corrected chi connectivity index (χ3v) is 7.56. The van der Waals surface area contributed by atoms with Crippen LogP contribution in [0.3, 0.4) is 0 Å². The van der Waals surface area contributed by atoms with Gasteiger partial charge in [0.1, 0.15) is 0 Å². The van der Waals surface area contributed by atoms with Crippen LogP contribution in [0.25, 0.3) is 11.0 Å². The molecule has 1 aromatic heterocycles. The van der Waals surface area contributed by atoms with Gasteiger partial charge >= 0.3 is 5.69 Å². The van der Waals surface area contributed by atoms with Crippen molar-refractivity contribution in [2.24, 2.45) is 0 Å². The first-order valence-corrected chi connectivity index (χ1v) is 11.9. The Labute approximate surface area is 181 Å². The van der Waals surface area contributed by atoms with Gasteiger partial charge in [0.05, 0.1) is 15.9 Å². The van der Waals surface area contributed by atoms with Crippen LogP contribution in [0.5, 0.6) is 0 Å². The molecule has 0 aliphatic carbocycles. The fourth-order valence-corrected chi connectivity index (χ4v) is 5.54. The lowest BCUT2D eigenvalue weighted by atomic mass is 10.3. The van der Waals surface area contributed by atoms with Gasteiger partial charge in [0, 0.05) is 38.3 Å². The lowest BCUT2D eigenvalue weighted by molar-refractivity contribution is -0.116. The minimum Gasteiger partial charge on any atom is -0.326 e. The number of aryl methyl sites for hydroxylation is 2. The van der Waals surface area contributed by atoms with E-state index < -0.39 is 10.0 Å². The number of nitrogens with zero attached hydrogens (tertiary/aromatic N) is 3. The van der Waals surface area contributed by atoms with Gasteiger partial charge in [-0.15, -0.1) is 0 Å². The Morgan fingerprint density at radius 1 is 0.968 bits per heavy atom. The van der Waals surface area contributed by atoms with Crippen molar-refractivity contribution < 1.29 is 13.2 Å². The van der Waals surface area contributed by atoms with Crippen molar-refractivity contribution in [2.75, 3.05) is 18.4 Å². The summed E-state index contributed by atoms with van der Waals surface area (Å²) in [5, 5.41) is 2.78. The number of fused-ring (bicyclic) bond motifs is 1. The number of sulfonamides is 1. The second kappa shape index (κ2) is 8.68. The van der Waals surface area contributed by atoms with Crippen LogP contribution in [0, 0.1) is 0 Å². The van der Waals surface area contributed by atoms with Crippen molar-refractivity contribution in [3.8, 4) is 0 Å². The minimum atomic E-state index is -3.48. The Kier molecular flexibility index (Phi) is 5.97. The van der Waals surface area contributed by atoms with E-state index in [-0.39, 0.29) is 29.5 Å². The predicted molar refractivity (Wildman–Crippen MR) is 120 cm³/mol. The van der Waals surface area contributed by atoms with Gasteiger partial charge in [-0.1, -0.05) is 12.1 Å². The van der Waals surface area contributed by atoms with E-state index in [9.17, 15) is 18.0 Å². The molecule has 0 spiro atoms. The molecule has 31 heavy (non-hydrogen) atoms. The Morgan fingerprint density at radius 3 is 2.19 bits per heavy atom. The van der Waals surface area contributed by atoms with E-state index in [0.29, 0.717) is 25.3 Å². The summed E-state index contributed by atoms with van der Waals surface area (Å²) in [4.78, 5) is 25.3. The van der Waals surface area contributed by atoms with E-state index in [2.05, 4.69) is 5.32 Å². The number of benzene rings is 2. The van der Waals surface area contributed by atoms with Gasteiger partial charge in [-0.05, 0) is 56.2 Å². The van der Waals surface area contributed by atoms with E-state index >= 15 is 0 Å². The average Bonchev–Trinajstić information content (AvgIpc) is 3.39. The average molecular weight is 443 g/mol. The highest BCUT2D eigenvalue weighted by molar-refractivity contribution is 7.89. The molecule has 1 fully saturated rings. The van der Waals surface area contributed by atoms with Crippen LogP contribution in [0.2, 0.25) is 0 Å². The van der Waals surface area contributed by atoms with Gasteiger partial charge < -0.3 is 5.32 Å². The molecule has 0 unspecified atom stereocenters. The molecule has 8 nitrogen and oxygen atoms in total. The summed E-state index contributed by atoms with van der Waals surface area (Å²) in [6.45, 7) is 3.84. The van der Waals surface area contributed by atoms with Crippen LogP contribution in [0.1, 0.15) is 26.2 Å². The number of aromatic nitrogens is 2. The summed E-state index contributed by atoms with van der Waals surface area (Å²) in [6, 6.07) is 13.8. The highest BCUT2D eigenvalue weighted by atomic mass is 32.2.